The molecule has 6 rings (SSSR count). The van der Waals surface area contributed by atoms with Crippen molar-refractivity contribution in [2.24, 2.45) is 0 Å². The Balaban J connectivity index is 0.000000160. The van der Waals surface area contributed by atoms with Crippen molar-refractivity contribution in [2.45, 2.75) is 0 Å². The second-order valence-electron chi connectivity index (χ2n) is 7.97. The summed E-state index contributed by atoms with van der Waals surface area (Å²) in [5.74, 6) is 0. The minimum atomic E-state index is 0. The molecule has 35 heavy (non-hydrogen) atoms. The van der Waals surface area contributed by atoms with Crippen molar-refractivity contribution in [3.63, 3.8) is 0 Å². The zero-order valence-corrected chi connectivity index (χ0v) is 20.2. The summed E-state index contributed by atoms with van der Waals surface area (Å²) in [7, 11) is 0. The van der Waals surface area contributed by atoms with Crippen molar-refractivity contribution in [3.05, 3.63) is 146 Å². The summed E-state index contributed by atoms with van der Waals surface area (Å²) in [6, 6.07) is 42.1. The molecule has 0 atom stereocenters. The van der Waals surface area contributed by atoms with E-state index in [1.54, 1.807) is 0 Å². The fourth-order valence-electron chi connectivity index (χ4n) is 3.93. The van der Waals surface area contributed by atoms with Gasteiger partial charge < -0.3 is 0 Å². The van der Waals surface area contributed by atoms with E-state index < -0.39 is 0 Å². The first-order chi connectivity index (χ1) is 16.9. The Morgan fingerprint density at radius 1 is 0.371 bits per heavy atom. The van der Waals surface area contributed by atoms with Crippen molar-refractivity contribution in [2.75, 3.05) is 0 Å². The fourth-order valence-corrected chi connectivity index (χ4v) is 3.93. The molecule has 0 spiro atoms. The molecular formula is C32H24FeN2-2. The van der Waals surface area contributed by atoms with Crippen LogP contribution in [0.1, 0.15) is 0 Å². The molecule has 0 bridgehead atoms. The zero-order chi connectivity index (χ0) is 23.0. The van der Waals surface area contributed by atoms with Crippen LogP contribution in [-0.4, -0.2) is 9.97 Å². The molecule has 0 unspecified atom stereocenters. The Kier molecular flexibility index (Phi) is 8.19. The summed E-state index contributed by atoms with van der Waals surface area (Å²) in [6.07, 6.45) is 7.28. The number of nitrogens with zero attached hydrogens (tertiary/aromatic N) is 2. The smallest absolute Gasteiger partial charge is 0.0273 e. The number of benzene rings is 2. The third-order valence-corrected chi connectivity index (χ3v) is 5.79. The third kappa shape index (κ3) is 6.10. The molecule has 0 amide bonds. The molecule has 0 aliphatic heterocycles. The molecule has 0 radical (unpaired) electrons. The molecule has 0 N–H and O–H groups in total. The van der Waals surface area contributed by atoms with Crippen LogP contribution >= 0.6 is 0 Å². The minimum Gasteiger partial charge on any atom is -0.265 e. The van der Waals surface area contributed by atoms with Crippen LogP contribution in [0.3, 0.4) is 0 Å². The van der Waals surface area contributed by atoms with Gasteiger partial charge in [0.1, 0.15) is 0 Å². The molecule has 0 saturated heterocycles. The summed E-state index contributed by atoms with van der Waals surface area (Å²) in [5, 5.41) is 0. The molecule has 172 valence electrons. The van der Waals surface area contributed by atoms with Gasteiger partial charge in [0.2, 0.25) is 0 Å². The van der Waals surface area contributed by atoms with E-state index in [2.05, 4.69) is 107 Å². The van der Waals surface area contributed by atoms with Gasteiger partial charge in [0.05, 0.1) is 0 Å². The predicted octanol–water partition coefficient (Wildman–Crippen LogP) is 8.27. The summed E-state index contributed by atoms with van der Waals surface area (Å²) >= 11 is 0. The maximum atomic E-state index is 4.03. The maximum absolute atomic E-state index is 4.03. The maximum Gasteiger partial charge on any atom is 0.0273 e. The molecular weight excluding hydrogens is 468 g/mol. The topological polar surface area (TPSA) is 25.8 Å². The Hall–Kier alpha value is -4.04. The molecule has 3 heteroatoms. The monoisotopic (exact) mass is 492 g/mol. The van der Waals surface area contributed by atoms with Gasteiger partial charge in [-0.05, 0) is 46.5 Å². The molecule has 2 heterocycles. The van der Waals surface area contributed by atoms with E-state index in [0.717, 1.165) is 0 Å². The Bertz CT molecular complexity index is 1270. The molecule has 0 aliphatic rings. The predicted molar refractivity (Wildman–Crippen MR) is 141 cm³/mol. The normalized spacial score (nSPS) is 10.1. The van der Waals surface area contributed by atoms with E-state index in [9.17, 15) is 0 Å². The van der Waals surface area contributed by atoms with Gasteiger partial charge in [0.25, 0.3) is 0 Å². The van der Waals surface area contributed by atoms with Crippen LogP contribution in [0, 0.1) is 0 Å². The average molecular weight is 492 g/mol. The van der Waals surface area contributed by atoms with Gasteiger partial charge in [0.15, 0.2) is 0 Å². The van der Waals surface area contributed by atoms with Crippen molar-refractivity contribution in [1.29, 1.82) is 0 Å². The van der Waals surface area contributed by atoms with Gasteiger partial charge in [-0.2, -0.15) is 24.3 Å². The van der Waals surface area contributed by atoms with Crippen molar-refractivity contribution < 1.29 is 17.1 Å². The molecule has 2 nitrogen and oxygen atoms in total. The van der Waals surface area contributed by atoms with Gasteiger partial charge in [-0.3, -0.25) is 9.97 Å². The molecule has 0 aliphatic carbocycles. The molecule has 2 aromatic heterocycles. The number of rotatable bonds is 4. The number of hydrogen-bond acceptors (Lipinski definition) is 2. The largest absolute Gasteiger partial charge is 0.265 e. The summed E-state index contributed by atoms with van der Waals surface area (Å²) in [5.41, 5.74) is 9.91. The van der Waals surface area contributed by atoms with Crippen molar-refractivity contribution in [3.8, 4) is 44.5 Å². The van der Waals surface area contributed by atoms with Crippen LogP contribution in [0.25, 0.3) is 44.5 Å². The first kappa shape index (κ1) is 24.1. The Morgan fingerprint density at radius 2 is 0.657 bits per heavy atom. The van der Waals surface area contributed by atoms with Crippen LogP contribution in [0.2, 0.25) is 0 Å². The number of pyridine rings is 2. The molecule has 4 aromatic carbocycles. The van der Waals surface area contributed by atoms with E-state index in [1.807, 2.05) is 49.1 Å². The summed E-state index contributed by atoms with van der Waals surface area (Å²) in [4.78, 5) is 8.06. The second kappa shape index (κ2) is 11.9. The fraction of sp³-hybridized carbons (Fsp3) is 0. The van der Waals surface area contributed by atoms with Crippen LogP contribution in [0.5, 0.6) is 0 Å². The molecule has 6 aromatic rings. The SMILES string of the molecule is [Fe].c1cc[c-](-c2ccc(-c3ccncc3)cc2)c1.c1cc[c-](-c2ccc(-c3ccncc3)cc2)c1. The Morgan fingerprint density at radius 3 is 0.971 bits per heavy atom. The standard InChI is InChI=1S/2C16H12N.Fe/c2*1-2-4-13(3-1)14-5-7-15(8-6-14)16-9-11-17-12-10-16;/h2*1-12H;/q2*-1;. The zero-order valence-electron chi connectivity index (χ0n) is 19.1. The van der Waals surface area contributed by atoms with Gasteiger partial charge in [-0.1, -0.05) is 35.4 Å². The van der Waals surface area contributed by atoms with Crippen LogP contribution in [-0.2, 0) is 17.1 Å². The van der Waals surface area contributed by atoms with Crippen molar-refractivity contribution >= 4 is 0 Å². The van der Waals surface area contributed by atoms with Crippen molar-refractivity contribution in [1.82, 2.24) is 9.97 Å². The first-order valence-electron chi connectivity index (χ1n) is 11.3. The van der Waals surface area contributed by atoms with E-state index in [4.69, 9.17) is 0 Å². The molecule has 0 fully saturated rings. The van der Waals surface area contributed by atoms with Crippen LogP contribution in [0.15, 0.2) is 146 Å². The van der Waals surface area contributed by atoms with Gasteiger partial charge in [0, 0.05) is 41.9 Å². The third-order valence-electron chi connectivity index (χ3n) is 5.79. The Labute approximate surface area is 217 Å². The first-order valence-corrected chi connectivity index (χ1v) is 11.3. The number of hydrogen-bond donors (Lipinski definition) is 0. The van der Waals surface area contributed by atoms with Gasteiger partial charge >= 0.3 is 0 Å². The van der Waals surface area contributed by atoms with Crippen LogP contribution < -0.4 is 0 Å². The van der Waals surface area contributed by atoms with E-state index in [1.165, 1.54) is 44.5 Å². The second-order valence-corrected chi connectivity index (χ2v) is 7.97. The quantitative estimate of drug-likeness (QED) is 0.183. The van der Waals surface area contributed by atoms with E-state index >= 15 is 0 Å². The minimum absolute atomic E-state index is 0. The van der Waals surface area contributed by atoms with Crippen LogP contribution in [0.4, 0.5) is 0 Å². The number of aromatic nitrogens is 2. The van der Waals surface area contributed by atoms with E-state index in [0.29, 0.717) is 0 Å². The average Bonchev–Trinajstić information content (AvgIpc) is 3.66. The van der Waals surface area contributed by atoms with Gasteiger partial charge in [-0.15, -0.1) is 59.7 Å². The van der Waals surface area contributed by atoms with E-state index in [-0.39, 0.29) is 17.1 Å². The van der Waals surface area contributed by atoms with Gasteiger partial charge in [-0.25, -0.2) is 0 Å². The summed E-state index contributed by atoms with van der Waals surface area (Å²) < 4.78 is 0. The molecule has 0 saturated carbocycles. The summed E-state index contributed by atoms with van der Waals surface area (Å²) in [6.45, 7) is 0.